The first-order chi connectivity index (χ1) is 3.77. The van der Waals surface area contributed by atoms with Crippen molar-refractivity contribution in [2.75, 3.05) is 0 Å². The van der Waals surface area contributed by atoms with Gasteiger partial charge in [0.1, 0.15) is 0 Å². The van der Waals surface area contributed by atoms with Gasteiger partial charge in [0, 0.05) is 29.0 Å². The van der Waals surface area contributed by atoms with Crippen LogP contribution in [-0.2, 0) is 0 Å². The molecule has 0 aliphatic heterocycles. The lowest BCUT2D eigenvalue weighted by Crippen LogP contribution is -1.83. The van der Waals surface area contributed by atoms with Gasteiger partial charge in [-0.15, -0.1) is 0 Å². The SMILES string of the molecule is CC(C)CCC#CI. The summed E-state index contributed by atoms with van der Waals surface area (Å²) >= 11 is 2.07. The fourth-order valence-corrected chi connectivity index (χ4v) is 0.678. The van der Waals surface area contributed by atoms with Crippen molar-refractivity contribution in [2.45, 2.75) is 26.7 Å². The Labute approximate surface area is 65.2 Å². The average molecular weight is 222 g/mol. The number of hydrogen-bond donors (Lipinski definition) is 0. The fourth-order valence-electron chi connectivity index (χ4n) is 0.408. The summed E-state index contributed by atoms with van der Waals surface area (Å²) in [6.07, 6.45) is 2.29. The second kappa shape index (κ2) is 5.43. The molecule has 0 aliphatic rings. The van der Waals surface area contributed by atoms with Crippen LogP contribution in [-0.4, -0.2) is 0 Å². The number of halogens is 1. The van der Waals surface area contributed by atoms with Gasteiger partial charge in [0.25, 0.3) is 0 Å². The highest BCUT2D eigenvalue weighted by molar-refractivity contribution is 14.1. The third-order valence-corrected chi connectivity index (χ3v) is 1.29. The largest absolute Gasteiger partial charge is 0.0919 e. The molecule has 0 aromatic rings. The van der Waals surface area contributed by atoms with Gasteiger partial charge in [-0.25, -0.2) is 0 Å². The van der Waals surface area contributed by atoms with Gasteiger partial charge in [-0.05, 0) is 16.3 Å². The number of hydrogen-bond acceptors (Lipinski definition) is 0. The van der Waals surface area contributed by atoms with Crippen LogP contribution in [0.4, 0.5) is 0 Å². The summed E-state index contributed by atoms with van der Waals surface area (Å²) in [7, 11) is 0. The summed E-state index contributed by atoms with van der Waals surface area (Å²) in [4.78, 5) is 0. The normalized spacial score (nSPS) is 8.50. The third kappa shape index (κ3) is 6.29. The average Bonchev–Trinajstić information content (AvgIpc) is 1.66. The molecule has 0 bridgehead atoms. The first kappa shape index (κ1) is 8.29. The van der Waals surface area contributed by atoms with Crippen LogP contribution in [0.1, 0.15) is 26.7 Å². The van der Waals surface area contributed by atoms with Crippen LogP contribution in [0, 0.1) is 15.8 Å². The van der Waals surface area contributed by atoms with E-state index in [4.69, 9.17) is 0 Å². The molecule has 0 aromatic carbocycles. The summed E-state index contributed by atoms with van der Waals surface area (Å²) in [5, 5.41) is 0. The molecular formula is C7H11I. The molecule has 8 heavy (non-hydrogen) atoms. The lowest BCUT2D eigenvalue weighted by atomic mass is 10.1. The molecule has 46 valence electrons. The van der Waals surface area contributed by atoms with Crippen molar-refractivity contribution in [3.05, 3.63) is 0 Å². The maximum absolute atomic E-state index is 3.02. The van der Waals surface area contributed by atoms with E-state index in [2.05, 4.69) is 46.3 Å². The molecule has 1 heteroatoms. The van der Waals surface area contributed by atoms with Gasteiger partial charge in [0.2, 0.25) is 0 Å². The van der Waals surface area contributed by atoms with E-state index in [1.807, 2.05) is 0 Å². The molecule has 0 rings (SSSR count). The molecule has 0 aliphatic carbocycles. The summed E-state index contributed by atoms with van der Waals surface area (Å²) in [6.45, 7) is 4.43. The molecule has 0 nitrogen and oxygen atoms in total. The third-order valence-electron chi connectivity index (χ3n) is 0.914. The van der Waals surface area contributed by atoms with Gasteiger partial charge in [0.05, 0.1) is 0 Å². The van der Waals surface area contributed by atoms with E-state index >= 15 is 0 Å². The van der Waals surface area contributed by atoms with Crippen molar-refractivity contribution in [2.24, 2.45) is 5.92 Å². The van der Waals surface area contributed by atoms with Gasteiger partial charge in [-0.1, -0.05) is 19.8 Å². The second-order valence-electron chi connectivity index (χ2n) is 2.20. The predicted molar refractivity (Wildman–Crippen MR) is 45.9 cm³/mol. The van der Waals surface area contributed by atoms with Crippen molar-refractivity contribution >= 4 is 22.6 Å². The summed E-state index contributed by atoms with van der Waals surface area (Å²) in [6, 6.07) is 0. The van der Waals surface area contributed by atoms with Gasteiger partial charge in [-0.3, -0.25) is 0 Å². The predicted octanol–water partition coefficient (Wildman–Crippen LogP) is 2.82. The smallest absolute Gasteiger partial charge is 0.0181 e. The highest BCUT2D eigenvalue weighted by atomic mass is 127. The Morgan fingerprint density at radius 1 is 1.50 bits per heavy atom. The molecule has 0 saturated heterocycles. The molecule has 0 heterocycles. The maximum Gasteiger partial charge on any atom is 0.0181 e. The van der Waals surface area contributed by atoms with Crippen LogP contribution in [0.15, 0.2) is 0 Å². The van der Waals surface area contributed by atoms with Gasteiger partial charge < -0.3 is 0 Å². The summed E-state index contributed by atoms with van der Waals surface area (Å²) in [5.74, 6) is 3.81. The first-order valence-electron chi connectivity index (χ1n) is 2.86. The lowest BCUT2D eigenvalue weighted by molar-refractivity contribution is 0.600. The van der Waals surface area contributed by atoms with E-state index in [-0.39, 0.29) is 0 Å². The minimum Gasteiger partial charge on any atom is -0.0919 e. The Kier molecular flexibility index (Phi) is 5.62. The van der Waals surface area contributed by atoms with E-state index in [1.165, 1.54) is 6.42 Å². The van der Waals surface area contributed by atoms with Crippen molar-refractivity contribution in [3.63, 3.8) is 0 Å². The van der Waals surface area contributed by atoms with Crippen molar-refractivity contribution < 1.29 is 0 Å². The minimum atomic E-state index is 0.798. The monoisotopic (exact) mass is 222 g/mol. The van der Waals surface area contributed by atoms with Crippen LogP contribution in [0.25, 0.3) is 0 Å². The topological polar surface area (TPSA) is 0 Å². The Morgan fingerprint density at radius 2 is 2.12 bits per heavy atom. The minimum absolute atomic E-state index is 0.798. The second-order valence-corrected chi connectivity index (χ2v) is 2.74. The molecule has 0 aromatic heterocycles. The highest BCUT2D eigenvalue weighted by Crippen LogP contribution is 2.01. The molecule has 0 N–H and O–H groups in total. The van der Waals surface area contributed by atoms with E-state index in [0.29, 0.717) is 0 Å². The van der Waals surface area contributed by atoms with Gasteiger partial charge >= 0.3 is 0 Å². The molecule has 0 amide bonds. The molecule has 0 radical (unpaired) electrons. The first-order valence-corrected chi connectivity index (χ1v) is 3.93. The Balaban J connectivity index is 3.01. The van der Waals surface area contributed by atoms with Crippen LogP contribution >= 0.6 is 22.6 Å². The Bertz CT molecular complexity index is 94.7. The molecular weight excluding hydrogens is 211 g/mol. The van der Waals surface area contributed by atoms with E-state index in [1.54, 1.807) is 0 Å². The molecule has 0 saturated carbocycles. The molecule has 0 unspecified atom stereocenters. The fraction of sp³-hybridized carbons (Fsp3) is 0.714. The van der Waals surface area contributed by atoms with E-state index < -0.39 is 0 Å². The lowest BCUT2D eigenvalue weighted by Gasteiger charge is -1.95. The Hall–Kier alpha value is 0.290. The van der Waals surface area contributed by atoms with Crippen molar-refractivity contribution in [1.29, 1.82) is 0 Å². The van der Waals surface area contributed by atoms with Crippen LogP contribution in [0.3, 0.4) is 0 Å². The zero-order valence-corrected chi connectivity index (χ0v) is 7.53. The zero-order chi connectivity index (χ0) is 6.41. The summed E-state index contributed by atoms with van der Waals surface area (Å²) in [5.41, 5.74) is 0. The van der Waals surface area contributed by atoms with E-state index in [9.17, 15) is 0 Å². The van der Waals surface area contributed by atoms with Crippen molar-refractivity contribution in [3.8, 4) is 9.85 Å². The molecule has 0 fully saturated rings. The van der Waals surface area contributed by atoms with Crippen molar-refractivity contribution in [1.82, 2.24) is 0 Å². The quantitative estimate of drug-likeness (QED) is 0.497. The van der Waals surface area contributed by atoms with Gasteiger partial charge in [-0.2, -0.15) is 0 Å². The van der Waals surface area contributed by atoms with Gasteiger partial charge in [0.15, 0.2) is 0 Å². The maximum atomic E-state index is 3.02. The standard InChI is InChI=1S/C7H11I/c1-7(2)5-3-4-6-8/h7H,3,5H2,1-2H3. The van der Waals surface area contributed by atoms with Crippen LogP contribution < -0.4 is 0 Å². The van der Waals surface area contributed by atoms with Crippen LogP contribution in [0.5, 0.6) is 0 Å². The number of rotatable bonds is 2. The molecule has 0 spiro atoms. The van der Waals surface area contributed by atoms with Crippen LogP contribution in [0.2, 0.25) is 0 Å². The molecule has 0 atom stereocenters. The Morgan fingerprint density at radius 3 is 2.50 bits per heavy atom. The zero-order valence-electron chi connectivity index (χ0n) is 5.37. The van der Waals surface area contributed by atoms with E-state index in [0.717, 1.165) is 12.3 Å². The highest BCUT2D eigenvalue weighted by Gasteiger charge is 1.88. The summed E-state index contributed by atoms with van der Waals surface area (Å²) < 4.78 is 2.84.